The molecule has 4 rings (SSSR count). The number of fused-ring (bicyclic) bond motifs is 1. The predicted molar refractivity (Wildman–Crippen MR) is 121 cm³/mol. The van der Waals surface area contributed by atoms with E-state index in [-0.39, 0.29) is 0 Å². The SMILES string of the molecule is CS(=O)(=O)N1CCCc2cc([C@@H](O)CN3CCC(COc4ccccn4)CC3)ccc21. The molecule has 2 aliphatic heterocycles. The number of aliphatic hydroxyl groups is 1. The van der Waals surface area contributed by atoms with E-state index in [4.69, 9.17) is 4.74 Å². The topological polar surface area (TPSA) is 83.0 Å². The van der Waals surface area contributed by atoms with Gasteiger partial charge in [-0.25, -0.2) is 13.4 Å². The Kier molecular flexibility index (Phi) is 6.79. The highest BCUT2D eigenvalue weighted by Crippen LogP contribution is 2.32. The van der Waals surface area contributed by atoms with Gasteiger partial charge in [0.2, 0.25) is 15.9 Å². The van der Waals surface area contributed by atoms with Crippen molar-refractivity contribution >= 4 is 15.7 Å². The first-order valence-electron chi connectivity index (χ1n) is 10.9. The van der Waals surface area contributed by atoms with Gasteiger partial charge in [0.15, 0.2) is 0 Å². The number of aromatic nitrogens is 1. The Balaban J connectivity index is 1.30. The Morgan fingerprint density at radius 3 is 2.71 bits per heavy atom. The third-order valence-electron chi connectivity index (χ3n) is 6.21. The van der Waals surface area contributed by atoms with Crippen molar-refractivity contribution in [2.45, 2.75) is 31.8 Å². The number of aryl methyl sites for hydroxylation is 1. The van der Waals surface area contributed by atoms with Gasteiger partial charge in [-0.05, 0) is 68.0 Å². The van der Waals surface area contributed by atoms with E-state index in [0.29, 0.717) is 31.5 Å². The highest BCUT2D eigenvalue weighted by atomic mass is 32.2. The molecule has 1 fully saturated rings. The Hall–Kier alpha value is -2.16. The Morgan fingerprint density at radius 1 is 1.19 bits per heavy atom. The highest BCUT2D eigenvalue weighted by molar-refractivity contribution is 7.92. The summed E-state index contributed by atoms with van der Waals surface area (Å²) >= 11 is 0. The van der Waals surface area contributed by atoms with Crippen LogP contribution in [0.2, 0.25) is 0 Å². The van der Waals surface area contributed by atoms with E-state index in [9.17, 15) is 13.5 Å². The maximum absolute atomic E-state index is 12.0. The number of likely N-dealkylation sites (tertiary alicyclic amines) is 1. The summed E-state index contributed by atoms with van der Waals surface area (Å²) in [6.07, 6.45) is 6.10. The van der Waals surface area contributed by atoms with Crippen LogP contribution in [0.5, 0.6) is 5.88 Å². The Morgan fingerprint density at radius 2 is 2.00 bits per heavy atom. The van der Waals surface area contributed by atoms with Gasteiger partial charge in [0, 0.05) is 25.4 Å². The van der Waals surface area contributed by atoms with Crippen LogP contribution in [0.25, 0.3) is 0 Å². The molecule has 0 bridgehead atoms. The van der Waals surface area contributed by atoms with E-state index in [2.05, 4.69) is 9.88 Å². The van der Waals surface area contributed by atoms with Crippen molar-refractivity contribution in [3.05, 3.63) is 53.7 Å². The van der Waals surface area contributed by atoms with Crippen LogP contribution in [0.3, 0.4) is 0 Å². The van der Waals surface area contributed by atoms with Gasteiger partial charge in [0.25, 0.3) is 0 Å². The third kappa shape index (κ3) is 5.56. The number of piperidine rings is 1. The predicted octanol–water partition coefficient (Wildman–Crippen LogP) is 2.62. The molecule has 0 spiro atoms. The van der Waals surface area contributed by atoms with Gasteiger partial charge in [-0.2, -0.15) is 0 Å². The number of β-amino-alcohol motifs (C(OH)–C–C–N with tert-alkyl or cyclic N) is 1. The molecule has 31 heavy (non-hydrogen) atoms. The lowest BCUT2D eigenvalue weighted by Gasteiger charge is -2.33. The molecule has 0 aliphatic carbocycles. The van der Waals surface area contributed by atoms with Crippen LogP contribution in [0, 0.1) is 5.92 Å². The van der Waals surface area contributed by atoms with Crippen LogP contribution in [0.4, 0.5) is 5.69 Å². The largest absolute Gasteiger partial charge is 0.477 e. The lowest BCUT2D eigenvalue weighted by atomic mass is 9.96. The van der Waals surface area contributed by atoms with Crippen LogP contribution < -0.4 is 9.04 Å². The van der Waals surface area contributed by atoms with Crippen molar-refractivity contribution in [1.29, 1.82) is 0 Å². The van der Waals surface area contributed by atoms with Crippen LogP contribution in [0.15, 0.2) is 42.6 Å². The number of anilines is 1. The second-order valence-corrected chi connectivity index (χ2v) is 10.5. The van der Waals surface area contributed by atoms with Gasteiger partial charge in [-0.15, -0.1) is 0 Å². The summed E-state index contributed by atoms with van der Waals surface area (Å²) in [4.78, 5) is 6.49. The molecule has 0 amide bonds. The molecule has 7 nitrogen and oxygen atoms in total. The van der Waals surface area contributed by atoms with Crippen molar-refractivity contribution in [2.75, 3.05) is 43.3 Å². The number of hydrogen-bond donors (Lipinski definition) is 1. The minimum atomic E-state index is -3.27. The molecule has 1 aromatic heterocycles. The standard InChI is InChI=1S/C23H31N3O4S/c1-31(28,29)26-12-4-5-19-15-20(7-8-21(19)26)22(27)16-25-13-9-18(10-14-25)17-30-23-6-2-3-11-24-23/h2-3,6-8,11,15,18,22,27H,4-5,9-10,12-14,16-17H2,1H3/t22-/m0/s1. The van der Waals surface area contributed by atoms with E-state index < -0.39 is 16.1 Å². The normalized spacial score (nSPS) is 19.1. The lowest BCUT2D eigenvalue weighted by molar-refractivity contribution is 0.0787. The summed E-state index contributed by atoms with van der Waals surface area (Å²) in [7, 11) is -3.27. The summed E-state index contributed by atoms with van der Waals surface area (Å²) < 4.78 is 31.3. The maximum Gasteiger partial charge on any atom is 0.232 e. The minimum Gasteiger partial charge on any atom is -0.477 e. The van der Waals surface area contributed by atoms with Gasteiger partial charge in [-0.1, -0.05) is 18.2 Å². The molecule has 0 saturated carbocycles. The smallest absolute Gasteiger partial charge is 0.232 e. The number of hydrogen-bond acceptors (Lipinski definition) is 6. The summed E-state index contributed by atoms with van der Waals surface area (Å²) in [6, 6.07) is 11.4. The molecule has 2 aliphatic rings. The number of ether oxygens (including phenoxy) is 1. The quantitative estimate of drug-likeness (QED) is 0.706. The number of sulfonamides is 1. The van der Waals surface area contributed by atoms with Crippen LogP contribution in [0.1, 0.15) is 36.5 Å². The summed E-state index contributed by atoms with van der Waals surface area (Å²) in [6.45, 7) is 3.64. The van der Waals surface area contributed by atoms with E-state index in [0.717, 1.165) is 55.6 Å². The van der Waals surface area contributed by atoms with Gasteiger partial charge in [-0.3, -0.25) is 4.31 Å². The molecule has 168 valence electrons. The second kappa shape index (κ2) is 9.54. The van der Waals surface area contributed by atoms with Crippen molar-refractivity contribution < 1.29 is 18.3 Å². The first-order valence-corrected chi connectivity index (χ1v) is 12.8. The maximum atomic E-state index is 12.0. The summed E-state index contributed by atoms with van der Waals surface area (Å²) in [5, 5.41) is 10.8. The molecular formula is C23H31N3O4S. The van der Waals surface area contributed by atoms with Gasteiger partial charge in [0.05, 0.1) is 24.7 Å². The number of aliphatic hydroxyl groups excluding tert-OH is 1. The number of rotatable bonds is 7. The highest BCUT2D eigenvalue weighted by Gasteiger charge is 2.26. The first kappa shape index (κ1) is 22.0. The lowest BCUT2D eigenvalue weighted by Crippen LogP contribution is -2.38. The van der Waals surface area contributed by atoms with Crippen molar-refractivity contribution in [2.24, 2.45) is 5.92 Å². The van der Waals surface area contributed by atoms with Crippen LogP contribution in [-0.4, -0.2) is 62.4 Å². The number of benzene rings is 1. The number of pyridine rings is 1. The molecule has 2 aromatic rings. The fourth-order valence-electron chi connectivity index (χ4n) is 4.46. The Labute approximate surface area is 184 Å². The fraction of sp³-hybridized carbons (Fsp3) is 0.522. The van der Waals surface area contributed by atoms with E-state index in [1.807, 2.05) is 36.4 Å². The molecule has 0 unspecified atom stereocenters. The molecule has 1 atom stereocenters. The number of nitrogens with zero attached hydrogens (tertiary/aromatic N) is 3. The summed E-state index contributed by atoms with van der Waals surface area (Å²) in [5.41, 5.74) is 2.60. The molecule has 3 heterocycles. The molecule has 1 saturated heterocycles. The molecule has 1 N–H and O–H groups in total. The van der Waals surface area contributed by atoms with Gasteiger partial charge < -0.3 is 14.7 Å². The molecule has 8 heteroatoms. The van der Waals surface area contributed by atoms with Crippen molar-refractivity contribution in [3.63, 3.8) is 0 Å². The minimum absolute atomic E-state index is 0.501. The van der Waals surface area contributed by atoms with Gasteiger partial charge in [0.1, 0.15) is 0 Å². The van der Waals surface area contributed by atoms with E-state index in [1.165, 1.54) is 10.6 Å². The van der Waals surface area contributed by atoms with Crippen molar-refractivity contribution in [3.8, 4) is 5.88 Å². The average Bonchev–Trinajstić information content (AvgIpc) is 2.78. The van der Waals surface area contributed by atoms with Crippen LogP contribution in [-0.2, 0) is 16.4 Å². The first-order chi connectivity index (χ1) is 14.9. The average molecular weight is 446 g/mol. The molecular weight excluding hydrogens is 414 g/mol. The van der Waals surface area contributed by atoms with E-state index in [1.54, 1.807) is 6.20 Å². The van der Waals surface area contributed by atoms with Gasteiger partial charge >= 0.3 is 0 Å². The molecule has 1 aromatic carbocycles. The van der Waals surface area contributed by atoms with E-state index >= 15 is 0 Å². The molecule has 0 radical (unpaired) electrons. The Bertz CT molecular complexity index is 976. The third-order valence-corrected chi connectivity index (χ3v) is 7.39. The zero-order chi connectivity index (χ0) is 21.8. The zero-order valence-electron chi connectivity index (χ0n) is 18.0. The van der Waals surface area contributed by atoms with Crippen LogP contribution >= 0.6 is 0 Å². The second-order valence-electron chi connectivity index (χ2n) is 8.57. The fourth-order valence-corrected chi connectivity index (χ4v) is 5.45. The monoisotopic (exact) mass is 445 g/mol. The van der Waals surface area contributed by atoms with Crippen molar-refractivity contribution in [1.82, 2.24) is 9.88 Å². The zero-order valence-corrected chi connectivity index (χ0v) is 18.8. The summed E-state index contributed by atoms with van der Waals surface area (Å²) in [5.74, 6) is 1.17.